The first-order valence-electron chi connectivity index (χ1n) is 4.42. The molecule has 0 aromatic carbocycles. The second-order valence-corrected chi connectivity index (χ2v) is 2.87. The molecule has 1 aromatic rings. The van der Waals surface area contributed by atoms with Crippen LogP contribution in [0, 0.1) is 0 Å². The van der Waals surface area contributed by atoms with Crippen molar-refractivity contribution in [1.82, 2.24) is 9.97 Å². The molecule has 2 N–H and O–H groups in total. The standard InChI is InChI=1S/C9H15N3O3/c1-13-5-6(10)8-9(15-3)12-7(14-2)4-11-8/h4,6H,5,10H2,1-3H3. The van der Waals surface area contributed by atoms with Crippen molar-refractivity contribution in [3.05, 3.63) is 11.9 Å². The number of hydrogen-bond donors (Lipinski definition) is 1. The molecule has 6 nitrogen and oxygen atoms in total. The van der Waals surface area contributed by atoms with E-state index in [1.54, 1.807) is 7.11 Å². The first kappa shape index (κ1) is 11.7. The molecule has 0 spiro atoms. The third-order valence-corrected chi connectivity index (χ3v) is 1.84. The maximum atomic E-state index is 5.83. The Morgan fingerprint density at radius 1 is 1.33 bits per heavy atom. The van der Waals surface area contributed by atoms with Crippen LogP contribution < -0.4 is 15.2 Å². The van der Waals surface area contributed by atoms with Crippen molar-refractivity contribution in [3.8, 4) is 11.8 Å². The zero-order chi connectivity index (χ0) is 11.3. The van der Waals surface area contributed by atoms with Gasteiger partial charge >= 0.3 is 0 Å². The zero-order valence-electron chi connectivity index (χ0n) is 9.06. The Morgan fingerprint density at radius 3 is 2.60 bits per heavy atom. The molecule has 0 aliphatic carbocycles. The lowest BCUT2D eigenvalue weighted by atomic mass is 10.2. The summed E-state index contributed by atoms with van der Waals surface area (Å²) < 4.78 is 14.9. The van der Waals surface area contributed by atoms with Crippen LogP contribution in [0.5, 0.6) is 11.8 Å². The van der Waals surface area contributed by atoms with Gasteiger partial charge in [0.25, 0.3) is 0 Å². The number of ether oxygens (including phenoxy) is 3. The average Bonchev–Trinajstić information content (AvgIpc) is 2.28. The largest absolute Gasteiger partial charge is 0.480 e. The highest BCUT2D eigenvalue weighted by molar-refractivity contribution is 5.25. The minimum absolute atomic E-state index is 0.358. The first-order chi connectivity index (χ1) is 7.22. The fourth-order valence-electron chi connectivity index (χ4n) is 1.13. The molecule has 0 fully saturated rings. The number of hydrogen-bond acceptors (Lipinski definition) is 6. The van der Waals surface area contributed by atoms with Crippen LogP contribution in [-0.4, -0.2) is 37.9 Å². The van der Waals surface area contributed by atoms with Crippen molar-refractivity contribution in [2.75, 3.05) is 27.9 Å². The van der Waals surface area contributed by atoms with Crippen LogP contribution in [0.3, 0.4) is 0 Å². The van der Waals surface area contributed by atoms with Crippen LogP contribution in [0.4, 0.5) is 0 Å². The minimum atomic E-state index is -0.358. The van der Waals surface area contributed by atoms with Crippen LogP contribution in [0.25, 0.3) is 0 Å². The van der Waals surface area contributed by atoms with Crippen LogP contribution in [0.1, 0.15) is 11.7 Å². The van der Waals surface area contributed by atoms with Crippen molar-refractivity contribution in [2.45, 2.75) is 6.04 Å². The van der Waals surface area contributed by atoms with Crippen LogP contribution in [-0.2, 0) is 4.74 Å². The van der Waals surface area contributed by atoms with Gasteiger partial charge in [0.05, 0.1) is 33.1 Å². The maximum absolute atomic E-state index is 5.83. The molecule has 84 valence electrons. The van der Waals surface area contributed by atoms with Gasteiger partial charge < -0.3 is 19.9 Å². The maximum Gasteiger partial charge on any atom is 0.240 e. The van der Waals surface area contributed by atoms with E-state index >= 15 is 0 Å². The van der Waals surface area contributed by atoms with E-state index in [0.29, 0.717) is 24.1 Å². The quantitative estimate of drug-likeness (QED) is 0.749. The van der Waals surface area contributed by atoms with E-state index in [1.807, 2.05) is 0 Å². The summed E-state index contributed by atoms with van der Waals surface area (Å²) in [5.74, 6) is 0.749. The van der Waals surface area contributed by atoms with E-state index in [1.165, 1.54) is 20.4 Å². The summed E-state index contributed by atoms with van der Waals surface area (Å²) >= 11 is 0. The summed E-state index contributed by atoms with van der Waals surface area (Å²) in [6, 6.07) is -0.358. The van der Waals surface area contributed by atoms with E-state index in [-0.39, 0.29) is 6.04 Å². The van der Waals surface area contributed by atoms with Gasteiger partial charge in [-0.25, -0.2) is 4.98 Å². The molecule has 0 bridgehead atoms. The third kappa shape index (κ3) is 2.77. The van der Waals surface area contributed by atoms with Crippen molar-refractivity contribution in [2.24, 2.45) is 5.73 Å². The first-order valence-corrected chi connectivity index (χ1v) is 4.42. The fraction of sp³-hybridized carbons (Fsp3) is 0.556. The summed E-state index contributed by atoms with van der Waals surface area (Å²) in [4.78, 5) is 8.19. The van der Waals surface area contributed by atoms with Crippen molar-refractivity contribution in [1.29, 1.82) is 0 Å². The molecular weight excluding hydrogens is 198 g/mol. The highest BCUT2D eigenvalue weighted by atomic mass is 16.5. The molecular formula is C9H15N3O3. The lowest BCUT2D eigenvalue weighted by Crippen LogP contribution is -2.19. The summed E-state index contributed by atoms with van der Waals surface area (Å²) in [6.07, 6.45) is 1.49. The highest BCUT2D eigenvalue weighted by Crippen LogP contribution is 2.21. The molecule has 1 atom stereocenters. The number of rotatable bonds is 5. The van der Waals surface area contributed by atoms with Crippen LogP contribution in [0.2, 0.25) is 0 Å². The predicted molar refractivity (Wildman–Crippen MR) is 53.9 cm³/mol. The zero-order valence-corrected chi connectivity index (χ0v) is 9.06. The molecule has 6 heteroatoms. The third-order valence-electron chi connectivity index (χ3n) is 1.84. The molecule has 1 heterocycles. The van der Waals surface area contributed by atoms with Crippen LogP contribution >= 0.6 is 0 Å². The summed E-state index contributed by atoms with van der Waals surface area (Å²) in [7, 11) is 4.59. The second kappa shape index (κ2) is 5.47. The number of methoxy groups -OCH3 is 3. The Balaban J connectivity index is 2.96. The monoisotopic (exact) mass is 213 g/mol. The normalized spacial score (nSPS) is 12.3. The lowest BCUT2D eigenvalue weighted by Gasteiger charge is -2.13. The summed E-state index contributed by atoms with van der Waals surface area (Å²) in [6.45, 7) is 0.359. The molecule has 0 aliphatic heterocycles. The Morgan fingerprint density at radius 2 is 2.07 bits per heavy atom. The Bertz CT molecular complexity index is 319. The van der Waals surface area contributed by atoms with E-state index in [9.17, 15) is 0 Å². The smallest absolute Gasteiger partial charge is 0.240 e. The molecule has 1 rings (SSSR count). The van der Waals surface area contributed by atoms with Crippen molar-refractivity contribution >= 4 is 0 Å². The Hall–Kier alpha value is -1.40. The molecule has 0 radical (unpaired) electrons. The molecule has 0 aliphatic rings. The van der Waals surface area contributed by atoms with Gasteiger partial charge in [0.15, 0.2) is 0 Å². The summed E-state index contributed by atoms with van der Waals surface area (Å²) in [5, 5.41) is 0. The highest BCUT2D eigenvalue weighted by Gasteiger charge is 2.15. The van der Waals surface area contributed by atoms with Crippen LogP contribution in [0.15, 0.2) is 6.20 Å². The Kier molecular flexibility index (Phi) is 4.26. The van der Waals surface area contributed by atoms with E-state index < -0.39 is 0 Å². The van der Waals surface area contributed by atoms with Gasteiger partial charge in [-0.3, -0.25) is 0 Å². The number of aromatic nitrogens is 2. The van der Waals surface area contributed by atoms with Gasteiger partial charge in [-0.2, -0.15) is 4.98 Å². The molecule has 1 aromatic heterocycles. The molecule has 0 amide bonds. The average molecular weight is 213 g/mol. The van der Waals surface area contributed by atoms with Gasteiger partial charge in [0.1, 0.15) is 5.69 Å². The fourth-order valence-corrected chi connectivity index (χ4v) is 1.13. The molecule has 0 saturated carbocycles. The topological polar surface area (TPSA) is 79.5 Å². The number of nitrogens with zero attached hydrogens (tertiary/aromatic N) is 2. The van der Waals surface area contributed by atoms with E-state index in [2.05, 4.69) is 9.97 Å². The van der Waals surface area contributed by atoms with E-state index in [0.717, 1.165) is 0 Å². The summed E-state index contributed by atoms with van der Waals surface area (Å²) in [5.41, 5.74) is 6.38. The van der Waals surface area contributed by atoms with Gasteiger partial charge in [-0.15, -0.1) is 0 Å². The van der Waals surface area contributed by atoms with Gasteiger partial charge in [0.2, 0.25) is 11.8 Å². The van der Waals surface area contributed by atoms with Crippen molar-refractivity contribution in [3.63, 3.8) is 0 Å². The molecule has 1 unspecified atom stereocenters. The number of nitrogens with two attached hydrogens (primary N) is 1. The SMILES string of the molecule is COCC(N)c1ncc(OC)nc1OC. The molecule has 0 saturated heterocycles. The Labute approximate surface area is 88.4 Å². The van der Waals surface area contributed by atoms with Gasteiger partial charge in [0, 0.05) is 7.11 Å². The minimum Gasteiger partial charge on any atom is -0.480 e. The van der Waals surface area contributed by atoms with E-state index in [4.69, 9.17) is 19.9 Å². The lowest BCUT2D eigenvalue weighted by molar-refractivity contribution is 0.177. The molecule has 15 heavy (non-hydrogen) atoms. The van der Waals surface area contributed by atoms with Gasteiger partial charge in [-0.05, 0) is 0 Å². The van der Waals surface area contributed by atoms with Crippen molar-refractivity contribution < 1.29 is 14.2 Å². The van der Waals surface area contributed by atoms with Gasteiger partial charge in [-0.1, -0.05) is 0 Å². The second-order valence-electron chi connectivity index (χ2n) is 2.87. The predicted octanol–water partition coefficient (Wildman–Crippen LogP) is 0.140.